The van der Waals surface area contributed by atoms with Crippen LogP contribution in [0.15, 0.2) is 18.2 Å². The number of nitrogens with one attached hydrogen (secondary N) is 1. The van der Waals surface area contributed by atoms with Gasteiger partial charge in [0.2, 0.25) is 0 Å². The van der Waals surface area contributed by atoms with Gasteiger partial charge in [0.05, 0.1) is 0 Å². The second kappa shape index (κ2) is 6.28. The highest BCUT2D eigenvalue weighted by molar-refractivity contribution is 5.17. The van der Waals surface area contributed by atoms with E-state index in [-0.39, 0.29) is 0 Å². The molecule has 1 atom stereocenters. The van der Waals surface area contributed by atoms with Crippen molar-refractivity contribution in [3.63, 3.8) is 0 Å². The van der Waals surface area contributed by atoms with Crippen LogP contribution in [0.25, 0.3) is 0 Å². The maximum Gasteiger partial charge on any atom is 0.159 e. The molecule has 1 fully saturated rings. The lowest BCUT2D eigenvalue weighted by atomic mass is 9.98. The summed E-state index contributed by atoms with van der Waals surface area (Å²) in [5.41, 5.74) is 0.885. The summed E-state index contributed by atoms with van der Waals surface area (Å²) in [5, 5.41) is 3.49. The van der Waals surface area contributed by atoms with E-state index in [0.29, 0.717) is 5.92 Å². The van der Waals surface area contributed by atoms with Crippen molar-refractivity contribution in [2.45, 2.75) is 45.1 Å². The zero-order chi connectivity index (χ0) is 13.0. The van der Waals surface area contributed by atoms with Gasteiger partial charge in [-0.1, -0.05) is 13.0 Å². The lowest BCUT2D eigenvalue weighted by molar-refractivity contribution is 0.467. The van der Waals surface area contributed by atoms with Crippen LogP contribution in [-0.2, 0) is 6.42 Å². The molecule has 1 saturated carbocycles. The minimum Gasteiger partial charge on any atom is -0.314 e. The molecule has 0 heterocycles. The maximum atomic E-state index is 13.0. The molecular weight excluding hydrogens is 232 g/mol. The molecule has 100 valence electrons. The number of hydrogen-bond acceptors (Lipinski definition) is 1. The average Bonchev–Trinajstić information content (AvgIpc) is 3.15. The van der Waals surface area contributed by atoms with E-state index in [0.717, 1.165) is 37.4 Å². The standard InChI is InChI=1S/C15H21F2N/c1-11(8-9-18-13-5-6-13)2-3-12-4-7-14(16)15(17)10-12/h4,7,10-11,13,18H,2-3,5-6,8-9H2,1H3. The normalized spacial score (nSPS) is 16.8. The SMILES string of the molecule is CC(CCNC1CC1)CCc1ccc(F)c(F)c1. The molecule has 2 rings (SSSR count). The van der Waals surface area contributed by atoms with Crippen molar-refractivity contribution < 1.29 is 8.78 Å². The minimum absolute atomic E-state index is 0.615. The molecule has 0 aromatic heterocycles. The van der Waals surface area contributed by atoms with Crippen LogP contribution in [0, 0.1) is 17.6 Å². The summed E-state index contributed by atoms with van der Waals surface area (Å²) in [6.45, 7) is 3.29. The molecular formula is C15H21F2N. The van der Waals surface area contributed by atoms with E-state index in [1.54, 1.807) is 6.07 Å². The summed E-state index contributed by atoms with van der Waals surface area (Å²) in [5.74, 6) is -0.889. The van der Waals surface area contributed by atoms with Gasteiger partial charge < -0.3 is 5.32 Å². The lowest BCUT2D eigenvalue weighted by Crippen LogP contribution is -2.19. The van der Waals surface area contributed by atoms with E-state index >= 15 is 0 Å². The van der Waals surface area contributed by atoms with E-state index in [1.807, 2.05) is 0 Å². The summed E-state index contributed by atoms with van der Waals surface area (Å²) in [6.07, 6.45) is 5.64. The second-order valence-corrected chi connectivity index (χ2v) is 5.41. The molecule has 0 spiro atoms. The highest BCUT2D eigenvalue weighted by atomic mass is 19.2. The van der Waals surface area contributed by atoms with Gasteiger partial charge in [-0.15, -0.1) is 0 Å². The Morgan fingerprint density at radius 1 is 1.22 bits per heavy atom. The largest absolute Gasteiger partial charge is 0.314 e. The Morgan fingerprint density at radius 2 is 2.00 bits per heavy atom. The van der Waals surface area contributed by atoms with Crippen LogP contribution in [-0.4, -0.2) is 12.6 Å². The number of rotatable bonds is 7. The average molecular weight is 253 g/mol. The van der Waals surface area contributed by atoms with Crippen LogP contribution in [0.5, 0.6) is 0 Å². The van der Waals surface area contributed by atoms with E-state index in [2.05, 4.69) is 12.2 Å². The third kappa shape index (κ3) is 4.37. The molecule has 1 N–H and O–H groups in total. The number of halogens is 2. The van der Waals surface area contributed by atoms with Gasteiger partial charge in [-0.25, -0.2) is 8.78 Å². The van der Waals surface area contributed by atoms with Gasteiger partial charge in [0, 0.05) is 6.04 Å². The molecule has 3 heteroatoms. The van der Waals surface area contributed by atoms with Crippen LogP contribution in [0.1, 0.15) is 38.2 Å². The molecule has 0 bridgehead atoms. The van der Waals surface area contributed by atoms with Crippen LogP contribution in [0.3, 0.4) is 0 Å². The van der Waals surface area contributed by atoms with E-state index < -0.39 is 11.6 Å². The first kappa shape index (κ1) is 13.5. The second-order valence-electron chi connectivity index (χ2n) is 5.41. The van der Waals surface area contributed by atoms with Crippen LogP contribution in [0.4, 0.5) is 8.78 Å². The predicted molar refractivity (Wildman–Crippen MR) is 69.5 cm³/mol. The van der Waals surface area contributed by atoms with Crippen molar-refractivity contribution in [2.24, 2.45) is 5.92 Å². The highest BCUT2D eigenvalue weighted by Crippen LogP contribution is 2.19. The molecule has 1 aliphatic rings. The van der Waals surface area contributed by atoms with Crippen LogP contribution in [0.2, 0.25) is 0 Å². The van der Waals surface area contributed by atoms with Crippen molar-refractivity contribution >= 4 is 0 Å². The molecule has 0 radical (unpaired) electrons. The number of benzene rings is 1. The summed E-state index contributed by atoms with van der Waals surface area (Å²) >= 11 is 0. The van der Waals surface area contributed by atoms with Crippen molar-refractivity contribution in [3.05, 3.63) is 35.4 Å². The first-order valence-electron chi connectivity index (χ1n) is 6.82. The van der Waals surface area contributed by atoms with Crippen LogP contribution < -0.4 is 5.32 Å². The van der Waals surface area contributed by atoms with Crippen molar-refractivity contribution in [2.75, 3.05) is 6.54 Å². The first-order valence-corrected chi connectivity index (χ1v) is 6.82. The fraction of sp³-hybridized carbons (Fsp3) is 0.600. The molecule has 0 aliphatic heterocycles. The summed E-state index contributed by atoms with van der Waals surface area (Å²) in [7, 11) is 0. The molecule has 1 aliphatic carbocycles. The Kier molecular flexibility index (Phi) is 4.70. The molecule has 1 aromatic rings. The third-order valence-electron chi connectivity index (χ3n) is 3.56. The fourth-order valence-corrected chi connectivity index (χ4v) is 2.07. The monoisotopic (exact) mass is 253 g/mol. The van der Waals surface area contributed by atoms with E-state index in [9.17, 15) is 8.78 Å². The highest BCUT2D eigenvalue weighted by Gasteiger charge is 2.19. The number of hydrogen-bond donors (Lipinski definition) is 1. The fourth-order valence-electron chi connectivity index (χ4n) is 2.07. The van der Waals surface area contributed by atoms with Crippen molar-refractivity contribution in [3.8, 4) is 0 Å². The van der Waals surface area contributed by atoms with Gasteiger partial charge in [0.1, 0.15) is 0 Å². The Balaban J connectivity index is 1.67. The number of aryl methyl sites for hydroxylation is 1. The van der Waals surface area contributed by atoms with Gasteiger partial charge in [0.15, 0.2) is 11.6 Å². The topological polar surface area (TPSA) is 12.0 Å². The predicted octanol–water partition coefficient (Wildman–Crippen LogP) is 3.68. The Bertz CT molecular complexity index is 388. The van der Waals surface area contributed by atoms with Gasteiger partial charge in [0.25, 0.3) is 0 Å². The molecule has 1 nitrogen and oxygen atoms in total. The summed E-state index contributed by atoms with van der Waals surface area (Å²) in [6, 6.07) is 4.96. The van der Waals surface area contributed by atoms with Crippen molar-refractivity contribution in [1.82, 2.24) is 5.32 Å². The minimum atomic E-state index is -0.763. The van der Waals surface area contributed by atoms with Gasteiger partial charge in [-0.05, 0) is 62.3 Å². The smallest absolute Gasteiger partial charge is 0.159 e. The molecule has 0 amide bonds. The van der Waals surface area contributed by atoms with Gasteiger partial charge in [-0.2, -0.15) is 0 Å². The zero-order valence-electron chi connectivity index (χ0n) is 10.9. The molecule has 1 unspecified atom stereocenters. The summed E-state index contributed by atoms with van der Waals surface area (Å²) in [4.78, 5) is 0. The van der Waals surface area contributed by atoms with E-state index in [1.165, 1.54) is 25.0 Å². The zero-order valence-corrected chi connectivity index (χ0v) is 10.9. The Labute approximate surface area is 108 Å². The van der Waals surface area contributed by atoms with Gasteiger partial charge >= 0.3 is 0 Å². The Hall–Kier alpha value is -0.960. The Morgan fingerprint density at radius 3 is 2.67 bits per heavy atom. The van der Waals surface area contributed by atoms with Crippen molar-refractivity contribution in [1.29, 1.82) is 0 Å². The third-order valence-corrected chi connectivity index (χ3v) is 3.56. The van der Waals surface area contributed by atoms with E-state index in [4.69, 9.17) is 0 Å². The molecule has 18 heavy (non-hydrogen) atoms. The molecule has 1 aromatic carbocycles. The summed E-state index contributed by atoms with van der Waals surface area (Å²) < 4.78 is 25.8. The quantitative estimate of drug-likeness (QED) is 0.781. The maximum absolute atomic E-state index is 13.0. The first-order chi connectivity index (χ1) is 8.65. The lowest BCUT2D eigenvalue weighted by Gasteiger charge is -2.11. The van der Waals surface area contributed by atoms with Gasteiger partial charge in [-0.3, -0.25) is 0 Å². The van der Waals surface area contributed by atoms with Crippen LogP contribution >= 0.6 is 0 Å². The molecule has 0 saturated heterocycles.